The van der Waals surface area contributed by atoms with Crippen molar-refractivity contribution in [2.45, 2.75) is 11.7 Å². The van der Waals surface area contributed by atoms with Gasteiger partial charge < -0.3 is 4.98 Å². The van der Waals surface area contributed by atoms with Crippen LogP contribution in [-0.4, -0.2) is 15.4 Å². The van der Waals surface area contributed by atoms with Gasteiger partial charge in [-0.05, 0) is 46.5 Å². The summed E-state index contributed by atoms with van der Waals surface area (Å²) in [6.45, 7) is 0. The normalized spacial score (nSPS) is 13.5. The monoisotopic (exact) mass is 429 g/mol. The fourth-order valence-electron chi connectivity index (χ4n) is 3.72. The number of fused-ring (bicyclic) bond motifs is 1. The lowest BCUT2D eigenvalue weighted by atomic mass is 9.85. The number of H-pyrrole nitrogens is 1. The minimum absolute atomic E-state index is 0.0539. The van der Waals surface area contributed by atoms with Gasteiger partial charge >= 0.3 is 0 Å². The molecule has 0 saturated heterocycles. The highest BCUT2D eigenvalue weighted by atomic mass is 35.5. The van der Waals surface area contributed by atoms with Gasteiger partial charge in [-0.3, -0.25) is 4.21 Å². The molecule has 1 N–H and O–H groups in total. The van der Waals surface area contributed by atoms with Crippen molar-refractivity contribution in [3.63, 3.8) is 0 Å². The summed E-state index contributed by atoms with van der Waals surface area (Å²) in [5.74, 6) is -0.716. The van der Waals surface area contributed by atoms with Crippen LogP contribution in [0.2, 0.25) is 5.02 Å². The van der Waals surface area contributed by atoms with E-state index in [2.05, 4.69) is 4.98 Å². The van der Waals surface area contributed by atoms with Gasteiger partial charge in [-0.1, -0.05) is 48.0 Å². The largest absolute Gasteiger partial charge is 0.361 e. The maximum Gasteiger partial charge on any atom is 0.142 e. The van der Waals surface area contributed by atoms with Crippen molar-refractivity contribution in [2.75, 3.05) is 6.26 Å². The zero-order valence-electron chi connectivity index (χ0n) is 15.6. The number of rotatable bonds is 5. The zero-order valence-corrected chi connectivity index (χ0v) is 17.2. The molecule has 4 aromatic rings. The van der Waals surface area contributed by atoms with Gasteiger partial charge in [-0.25, -0.2) is 8.78 Å². The maximum absolute atomic E-state index is 14.2. The van der Waals surface area contributed by atoms with Crippen LogP contribution in [0.25, 0.3) is 10.9 Å². The minimum atomic E-state index is -0.980. The first-order valence-electron chi connectivity index (χ1n) is 9.03. The molecule has 2 atom stereocenters. The molecule has 4 rings (SSSR count). The van der Waals surface area contributed by atoms with E-state index >= 15 is 0 Å². The van der Waals surface area contributed by atoms with Crippen LogP contribution in [0.3, 0.4) is 0 Å². The van der Waals surface area contributed by atoms with Gasteiger partial charge in [0, 0.05) is 40.1 Å². The summed E-state index contributed by atoms with van der Waals surface area (Å²) in [7, 11) is -0.980. The lowest BCUT2D eigenvalue weighted by molar-refractivity contribution is 0.623. The van der Waals surface area contributed by atoms with E-state index in [4.69, 9.17) is 11.6 Å². The Labute approximate surface area is 175 Å². The zero-order chi connectivity index (χ0) is 20.5. The Kier molecular flexibility index (Phi) is 5.52. The van der Waals surface area contributed by atoms with Crippen molar-refractivity contribution in [1.29, 1.82) is 0 Å². The molecule has 0 saturated carbocycles. The molecular weight excluding hydrogens is 412 g/mol. The Morgan fingerprint density at radius 3 is 2.45 bits per heavy atom. The Bertz CT molecular complexity index is 1200. The molecule has 0 spiro atoms. The summed E-state index contributed by atoms with van der Waals surface area (Å²) in [5, 5.41) is 1.01. The van der Waals surface area contributed by atoms with Gasteiger partial charge in [0.05, 0.1) is 10.8 Å². The number of benzene rings is 3. The number of halogens is 3. The van der Waals surface area contributed by atoms with E-state index in [1.807, 2.05) is 24.4 Å². The number of nitrogens with one attached hydrogen (secondary N) is 1. The van der Waals surface area contributed by atoms with E-state index in [0.29, 0.717) is 11.3 Å². The summed E-state index contributed by atoms with van der Waals surface area (Å²) in [6.07, 6.45) is 3.55. The number of hydrogen-bond acceptors (Lipinski definition) is 1. The van der Waals surface area contributed by atoms with Gasteiger partial charge in [0.2, 0.25) is 0 Å². The maximum atomic E-state index is 14.2. The fourth-order valence-corrected chi connectivity index (χ4v) is 4.51. The van der Waals surface area contributed by atoms with Crippen molar-refractivity contribution < 1.29 is 13.0 Å². The first kappa shape index (κ1) is 19.8. The number of para-hydroxylation sites is 1. The van der Waals surface area contributed by atoms with Gasteiger partial charge in [0.15, 0.2) is 0 Å². The predicted octanol–water partition coefficient (Wildman–Crippen LogP) is 6.16. The topological polar surface area (TPSA) is 32.9 Å². The predicted molar refractivity (Wildman–Crippen MR) is 115 cm³/mol. The molecular formula is C23H18ClF2NOS. The Morgan fingerprint density at radius 1 is 1.03 bits per heavy atom. The Hall–Kier alpha value is -2.50. The van der Waals surface area contributed by atoms with E-state index < -0.39 is 16.6 Å². The average Bonchev–Trinajstić information content (AvgIpc) is 3.11. The van der Waals surface area contributed by atoms with Gasteiger partial charge in [0.1, 0.15) is 11.6 Å². The summed E-state index contributed by atoms with van der Waals surface area (Å²) in [6, 6.07) is 16.8. The van der Waals surface area contributed by atoms with Crippen molar-refractivity contribution in [1.82, 2.24) is 4.98 Å². The van der Waals surface area contributed by atoms with Crippen LogP contribution >= 0.6 is 11.6 Å². The number of aromatic nitrogens is 1. The lowest BCUT2D eigenvalue weighted by Crippen LogP contribution is -2.04. The van der Waals surface area contributed by atoms with E-state index in [0.717, 1.165) is 27.6 Å². The first-order valence-corrected chi connectivity index (χ1v) is 11.1. The molecule has 148 valence electrons. The molecule has 0 aliphatic carbocycles. The van der Waals surface area contributed by atoms with Crippen LogP contribution in [0.5, 0.6) is 0 Å². The molecule has 1 aromatic heterocycles. The van der Waals surface area contributed by atoms with Gasteiger partial charge in [-0.15, -0.1) is 0 Å². The van der Waals surface area contributed by atoms with E-state index in [1.165, 1.54) is 24.3 Å². The smallest absolute Gasteiger partial charge is 0.142 e. The van der Waals surface area contributed by atoms with Crippen LogP contribution in [-0.2, 0) is 16.6 Å². The third-order valence-corrected chi connectivity index (χ3v) is 6.01. The molecule has 0 aliphatic heterocycles. The van der Waals surface area contributed by atoms with E-state index in [-0.39, 0.29) is 16.8 Å². The second-order valence-electron chi connectivity index (χ2n) is 6.96. The quantitative estimate of drug-likeness (QED) is 0.405. The molecule has 2 unspecified atom stereocenters. The molecule has 0 aliphatic rings. The molecule has 0 bridgehead atoms. The third kappa shape index (κ3) is 3.98. The standard InChI is InChI=1S/C23H18ClF2NOS/c1-29(28)13-16-3-2-4-18-19(12-27-23(16)18)22(14-5-8-17(25)9-6-14)15-7-10-20(24)21(26)11-15/h2-12,22,27H,13H2,1H3. The van der Waals surface area contributed by atoms with Crippen LogP contribution in [0, 0.1) is 11.6 Å². The van der Waals surface area contributed by atoms with Crippen LogP contribution in [0.4, 0.5) is 8.78 Å². The molecule has 29 heavy (non-hydrogen) atoms. The minimum Gasteiger partial charge on any atom is -0.361 e. The van der Waals surface area contributed by atoms with Crippen molar-refractivity contribution >= 4 is 33.3 Å². The number of hydrogen-bond donors (Lipinski definition) is 1. The summed E-state index contributed by atoms with van der Waals surface area (Å²) in [5.41, 5.74) is 4.33. The van der Waals surface area contributed by atoms with Gasteiger partial charge in [-0.2, -0.15) is 0 Å². The summed E-state index contributed by atoms with van der Waals surface area (Å²) in [4.78, 5) is 3.29. The second kappa shape index (κ2) is 8.09. The summed E-state index contributed by atoms with van der Waals surface area (Å²) >= 11 is 5.88. The van der Waals surface area contributed by atoms with E-state index in [1.54, 1.807) is 24.5 Å². The highest BCUT2D eigenvalue weighted by Gasteiger charge is 2.22. The highest BCUT2D eigenvalue weighted by Crippen LogP contribution is 2.38. The van der Waals surface area contributed by atoms with Crippen molar-refractivity contribution in [2.24, 2.45) is 0 Å². The van der Waals surface area contributed by atoms with Crippen LogP contribution in [0.1, 0.15) is 28.2 Å². The molecule has 0 fully saturated rings. The Balaban J connectivity index is 1.93. The molecule has 3 aromatic carbocycles. The summed E-state index contributed by atoms with van der Waals surface area (Å²) < 4.78 is 39.5. The van der Waals surface area contributed by atoms with Gasteiger partial charge in [0.25, 0.3) is 0 Å². The lowest BCUT2D eigenvalue weighted by Gasteiger charge is -2.19. The van der Waals surface area contributed by atoms with Crippen LogP contribution < -0.4 is 0 Å². The molecule has 0 radical (unpaired) electrons. The SMILES string of the molecule is CS(=O)Cc1cccc2c(C(c3ccc(F)cc3)c3ccc(Cl)c(F)c3)c[nH]c12. The average molecular weight is 430 g/mol. The molecule has 0 amide bonds. The van der Waals surface area contributed by atoms with Crippen molar-refractivity contribution in [3.8, 4) is 0 Å². The molecule has 1 heterocycles. The molecule has 6 heteroatoms. The Morgan fingerprint density at radius 2 is 1.76 bits per heavy atom. The third-order valence-electron chi connectivity index (χ3n) is 4.98. The highest BCUT2D eigenvalue weighted by molar-refractivity contribution is 7.83. The molecule has 2 nitrogen and oxygen atoms in total. The first-order chi connectivity index (χ1) is 13.9. The van der Waals surface area contributed by atoms with Crippen LogP contribution in [0.15, 0.2) is 66.9 Å². The number of aromatic amines is 1. The van der Waals surface area contributed by atoms with E-state index in [9.17, 15) is 13.0 Å². The van der Waals surface area contributed by atoms with Crippen molar-refractivity contribution in [3.05, 3.63) is 106 Å². The fraction of sp³-hybridized carbons (Fsp3) is 0.130. The second-order valence-corrected chi connectivity index (χ2v) is 8.80.